The zero-order valence-electron chi connectivity index (χ0n) is 11.4. The van der Waals surface area contributed by atoms with Crippen LogP contribution in [-0.4, -0.2) is 29.7 Å². The molecule has 6 heteroatoms. The molecule has 0 saturated carbocycles. The quantitative estimate of drug-likeness (QED) is 0.723. The third-order valence-electron chi connectivity index (χ3n) is 2.79. The molecule has 0 unspecified atom stereocenters. The van der Waals surface area contributed by atoms with Crippen LogP contribution in [0.1, 0.15) is 25.3 Å². The smallest absolute Gasteiger partial charge is 0.326 e. The van der Waals surface area contributed by atoms with Crippen LogP contribution in [-0.2, 0) is 11.2 Å². The lowest BCUT2D eigenvalue weighted by atomic mass is 10.1. The van der Waals surface area contributed by atoms with Crippen molar-refractivity contribution < 1.29 is 14.7 Å². The lowest BCUT2D eigenvalue weighted by Crippen LogP contribution is -2.46. The van der Waals surface area contributed by atoms with Crippen molar-refractivity contribution in [1.29, 1.82) is 0 Å². The third-order valence-corrected chi connectivity index (χ3v) is 3.05. The number of nitrogens with one attached hydrogen (secondary N) is 2. The van der Waals surface area contributed by atoms with Crippen molar-refractivity contribution in [2.75, 3.05) is 6.54 Å². The van der Waals surface area contributed by atoms with Crippen molar-refractivity contribution >= 4 is 23.6 Å². The Balaban J connectivity index is 2.32. The Bertz CT molecular complexity index is 448. The maximum Gasteiger partial charge on any atom is 0.326 e. The number of carbonyl (C=O) groups is 2. The van der Waals surface area contributed by atoms with E-state index in [9.17, 15) is 9.59 Å². The van der Waals surface area contributed by atoms with Crippen LogP contribution in [0.25, 0.3) is 0 Å². The Kier molecular flexibility index (Phi) is 6.87. The Morgan fingerprint density at radius 2 is 1.95 bits per heavy atom. The largest absolute Gasteiger partial charge is 0.480 e. The van der Waals surface area contributed by atoms with Crippen LogP contribution in [0.15, 0.2) is 24.3 Å². The van der Waals surface area contributed by atoms with Gasteiger partial charge in [0.25, 0.3) is 0 Å². The van der Waals surface area contributed by atoms with E-state index in [-0.39, 0.29) is 0 Å². The molecule has 0 fully saturated rings. The van der Waals surface area contributed by atoms with E-state index in [0.29, 0.717) is 30.8 Å². The standard InChI is InChI=1S/C14H19ClN2O3/c1-2-3-12(13(18)19)17-14(20)16-9-8-10-4-6-11(15)7-5-10/h4-7,12H,2-3,8-9H2,1H3,(H,18,19)(H2,16,17,20)/t12-/m0/s1. The molecule has 0 aliphatic heterocycles. The molecular weight excluding hydrogens is 280 g/mol. The SMILES string of the molecule is CCC[C@H](NC(=O)NCCc1ccc(Cl)cc1)C(=O)O. The molecule has 20 heavy (non-hydrogen) atoms. The predicted molar refractivity (Wildman–Crippen MR) is 78.0 cm³/mol. The van der Waals surface area contributed by atoms with E-state index in [0.717, 1.165) is 5.56 Å². The van der Waals surface area contributed by atoms with Gasteiger partial charge in [0.15, 0.2) is 0 Å². The predicted octanol–water partition coefficient (Wildman–Crippen LogP) is 2.43. The molecule has 0 spiro atoms. The van der Waals surface area contributed by atoms with Crippen molar-refractivity contribution in [2.24, 2.45) is 0 Å². The summed E-state index contributed by atoms with van der Waals surface area (Å²) in [6, 6.07) is 6.06. The maximum absolute atomic E-state index is 11.6. The van der Waals surface area contributed by atoms with Gasteiger partial charge in [-0.15, -0.1) is 0 Å². The first-order valence-corrected chi connectivity index (χ1v) is 6.92. The Morgan fingerprint density at radius 3 is 2.50 bits per heavy atom. The molecule has 0 radical (unpaired) electrons. The van der Waals surface area contributed by atoms with E-state index in [4.69, 9.17) is 16.7 Å². The second-order valence-corrected chi connectivity index (χ2v) is 4.89. The highest BCUT2D eigenvalue weighted by atomic mass is 35.5. The average molecular weight is 299 g/mol. The van der Waals surface area contributed by atoms with Gasteiger partial charge in [0.2, 0.25) is 0 Å². The van der Waals surface area contributed by atoms with Crippen molar-refractivity contribution in [1.82, 2.24) is 10.6 Å². The molecule has 5 nitrogen and oxygen atoms in total. The van der Waals surface area contributed by atoms with Crippen molar-refractivity contribution in [3.8, 4) is 0 Å². The number of carbonyl (C=O) groups excluding carboxylic acids is 1. The normalized spacial score (nSPS) is 11.7. The first-order chi connectivity index (χ1) is 9.52. The number of halogens is 1. The molecule has 110 valence electrons. The minimum Gasteiger partial charge on any atom is -0.480 e. The first kappa shape index (κ1) is 16.3. The van der Waals surface area contributed by atoms with E-state index >= 15 is 0 Å². The van der Waals surface area contributed by atoms with Gasteiger partial charge in [0, 0.05) is 11.6 Å². The first-order valence-electron chi connectivity index (χ1n) is 6.54. The molecular formula is C14H19ClN2O3. The van der Waals surface area contributed by atoms with Crippen LogP contribution in [0.5, 0.6) is 0 Å². The van der Waals surface area contributed by atoms with Gasteiger partial charge in [0.05, 0.1) is 0 Å². The zero-order valence-corrected chi connectivity index (χ0v) is 12.1. The van der Waals surface area contributed by atoms with Crippen LogP contribution in [0.4, 0.5) is 4.79 Å². The van der Waals surface area contributed by atoms with Gasteiger partial charge in [-0.1, -0.05) is 37.1 Å². The number of carboxylic acids is 1. The summed E-state index contributed by atoms with van der Waals surface area (Å²) in [4.78, 5) is 22.5. The van der Waals surface area contributed by atoms with Gasteiger partial charge in [-0.2, -0.15) is 0 Å². The number of hydrogen-bond acceptors (Lipinski definition) is 2. The lowest BCUT2D eigenvalue weighted by Gasteiger charge is -2.14. The van der Waals surface area contributed by atoms with Gasteiger partial charge >= 0.3 is 12.0 Å². The van der Waals surface area contributed by atoms with Crippen LogP contribution in [0.3, 0.4) is 0 Å². The zero-order chi connectivity index (χ0) is 15.0. The molecule has 0 bridgehead atoms. The summed E-state index contributed by atoms with van der Waals surface area (Å²) < 4.78 is 0. The molecule has 2 amide bonds. The van der Waals surface area contributed by atoms with Crippen molar-refractivity contribution in [3.63, 3.8) is 0 Å². The summed E-state index contributed by atoms with van der Waals surface area (Å²) in [6.45, 7) is 2.31. The van der Waals surface area contributed by atoms with E-state index in [1.807, 2.05) is 19.1 Å². The topological polar surface area (TPSA) is 78.4 Å². The highest BCUT2D eigenvalue weighted by Crippen LogP contribution is 2.09. The average Bonchev–Trinajstić information content (AvgIpc) is 2.40. The van der Waals surface area contributed by atoms with Crippen molar-refractivity contribution in [3.05, 3.63) is 34.9 Å². The maximum atomic E-state index is 11.6. The van der Waals surface area contributed by atoms with Gasteiger partial charge < -0.3 is 15.7 Å². The van der Waals surface area contributed by atoms with E-state index in [2.05, 4.69) is 10.6 Å². The molecule has 0 aromatic heterocycles. The fourth-order valence-electron chi connectivity index (χ4n) is 1.73. The van der Waals surface area contributed by atoms with Gasteiger partial charge in [-0.05, 0) is 30.5 Å². The van der Waals surface area contributed by atoms with E-state index in [1.54, 1.807) is 12.1 Å². The van der Waals surface area contributed by atoms with Crippen LogP contribution >= 0.6 is 11.6 Å². The molecule has 1 aromatic carbocycles. The van der Waals surface area contributed by atoms with E-state index in [1.165, 1.54) is 0 Å². The summed E-state index contributed by atoms with van der Waals surface area (Å²) >= 11 is 5.78. The van der Waals surface area contributed by atoms with E-state index < -0.39 is 18.0 Å². The number of aliphatic carboxylic acids is 1. The Morgan fingerprint density at radius 1 is 1.30 bits per heavy atom. The van der Waals surface area contributed by atoms with Crippen LogP contribution in [0, 0.1) is 0 Å². The number of benzene rings is 1. The summed E-state index contributed by atoms with van der Waals surface area (Å²) in [5.41, 5.74) is 1.05. The fourth-order valence-corrected chi connectivity index (χ4v) is 1.85. The Hall–Kier alpha value is -1.75. The molecule has 1 aromatic rings. The molecule has 0 heterocycles. The molecule has 0 aliphatic rings. The highest BCUT2D eigenvalue weighted by Gasteiger charge is 2.18. The van der Waals surface area contributed by atoms with Gasteiger partial charge in [0.1, 0.15) is 6.04 Å². The van der Waals surface area contributed by atoms with Crippen molar-refractivity contribution in [2.45, 2.75) is 32.2 Å². The van der Waals surface area contributed by atoms with Gasteiger partial charge in [-0.25, -0.2) is 9.59 Å². The number of carboxylic acid groups (broad SMARTS) is 1. The molecule has 1 rings (SSSR count). The monoisotopic (exact) mass is 298 g/mol. The summed E-state index contributed by atoms with van der Waals surface area (Å²) in [6.07, 6.45) is 1.78. The number of hydrogen-bond donors (Lipinski definition) is 3. The summed E-state index contributed by atoms with van der Waals surface area (Å²) in [5.74, 6) is -1.01. The minimum atomic E-state index is -1.01. The van der Waals surface area contributed by atoms with Crippen LogP contribution in [0.2, 0.25) is 5.02 Å². The Labute approximate surface area is 123 Å². The summed E-state index contributed by atoms with van der Waals surface area (Å²) in [5, 5.41) is 14.7. The number of urea groups is 1. The number of rotatable bonds is 7. The molecule has 1 atom stereocenters. The second kappa shape index (κ2) is 8.43. The molecule has 3 N–H and O–H groups in total. The third kappa shape index (κ3) is 5.93. The number of amides is 2. The summed E-state index contributed by atoms with van der Waals surface area (Å²) in [7, 11) is 0. The minimum absolute atomic E-state index is 0.417. The molecule has 0 saturated heterocycles. The molecule has 0 aliphatic carbocycles. The second-order valence-electron chi connectivity index (χ2n) is 4.46. The fraction of sp³-hybridized carbons (Fsp3) is 0.429. The van der Waals surface area contributed by atoms with Crippen LogP contribution < -0.4 is 10.6 Å². The highest BCUT2D eigenvalue weighted by molar-refractivity contribution is 6.30. The van der Waals surface area contributed by atoms with Gasteiger partial charge in [-0.3, -0.25) is 0 Å². The lowest BCUT2D eigenvalue weighted by molar-refractivity contribution is -0.139.